The highest BCUT2D eigenvalue weighted by Crippen LogP contribution is 2.37. The third-order valence-corrected chi connectivity index (χ3v) is 6.02. The molecule has 0 saturated heterocycles. The predicted octanol–water partition coefficient (Wildman–Crippen LogP) is 3.78. The molecular formula is C25H30N2O3. The van der Waals surface area contributed by atoms with Crippen LogP contribution >= 0.6 is 0 Å². The Morgan fingerprint density at radius 3 is 2.60 bits per heavy atom. The third-order valence-electron chi connectivity index (χ3n) is 6.02. The molecule has 1 fully saturated rings. The van der Waals surface area contributed by atoms with Crippen LogP contribution in [-0.2, 0) is 16.0 Å². The SMILES string of the molecule is CCC(=O)N1CCc2ccc(OCC(=O)NCC3CC3)cc2[C@@H]1c1ccc(C)cc1. The minimum atomic E-state index is -0.131. The van der Waals surface area contributed by atoms with Crippen LogP contribution in [0.1, 0.15) is 54.5 Å². The number of benzene rings is 2. The Morgan fingerprint density at radius 1 is 1.13 bits per heavy atom. The summed E-state index contributed by atoms with van der Waals surface area (Å²) in [4.78, 5) is 26.7. The van der Waals surface area contributed by atoms with E-state index in [-0.39, 0.29) is 24.5 Å². The van der Waals surface area contributed by atoms with Gasteiger partial charge in [0.1, 0.15) is 5.75 Å². The molecule has 4 rings (SSSR count). The molecule has 1 saturated carbocycles. The molecule has 0 bridgehead atoms. The Kier molecular flexibility index (Phi) is 6.07. The van der Waals surface area contributed by atoms with Gasteiger partial charge in [-0.1, -0.05) is 42.8 Å². The molecule has 0 unspecified atom stereocenters. The van der Waals surface area contributed by atoms with E-state index >= 15 is 0 Å². The highest BCUT2D eigenvalue weighted by Gasteiger charge is 2.31. The quantitative estimate of drug-likeness (QED) is 0.761. The summed E-state index contributed by atoms with van der Waals surface area (Å²) in [5, 5.41) is 2.93. The summed E-state index contributed by atoms with van der Waals surface area (Å²) in [7, 11) is 0. The Bertz CT molecular complexity index is 918. The monoisotopic (exact) mass is 406 g/mol. The van der Waals surface area contributed by atoms with Crippen LogP contribution in [0, 0.1) is 12.8 Å². The number of nitrogens with one attached hydrogen (secondary N) is 1. The lowest BCUT2D eigenvalue weighted by atomic mass is 9.87. The number of amides is 2. The number of hydrogen-bond donors (Lipinski definition) is 1. The van der Waals surface area contributed by atoms with Gasteiger partial charge >= 0.3 is 0 Å². The van der Waals surface area contributed by atoms with E-state index in [9.17, 15) is 9.59 Å². The van der Waals surface area contributed by atoms with Crippen LogP contribution < -0.4 is 10.1 Å². The molecule has 1 aliphatic heterocycles. The van der Waals surface area contributed by atoms with Crippen molar-refractivity contribution in [1.82, 2.24) is 10.2 Å². The van der Waals surface area contributed by atoms with Gasteiger partial charge in [0.25, 0.3) is 5.91 Å². The molecule has 2 aliphatic rings. The Morgan fingerprint density at radius 2 is 1.90 bits per heavy atom. The first-order chi connectivity index (χ1) is 14.5. The van der Waals surface area contributed by atoms with Crippen molar-refractivity contribution in [3.8, 4) is 5.75 Å². The minimum absolute atomic E-state index is 0.0122. The second-order valence-corrected chi connectivity index (χ2v) is 8.40. The van der Waals surface area contributed by atoms with E-state index in [2.05, 4.69) is 42.6 Å². The van der Waals surface area contributed by atoms with Crippen molar-refractivity contribution in [2.75, 3.05) is 19.7 Å². The number of fused-ring (bicyclic) bond motifs is 1. The van der Waals surface area contributed by atoms with E-state index in [0.717, 1.165) is 24.1 Å². The van der Waals surface area contributed by atoms with Crippen LogP contribution in [0.2, 0.25) is 0 Å². The summed E-state index contributed by atoms with van der Waals surface area (Å²) >= 11 is 0. The number of ether oxygens (including phenoxy) is 1. The first-order valence-corrected chi connectivity index (χ1v) is 10.9. The summed E-state index contributed by atoms with van der Waals surface area (Å²) in [6.07, 6.45) is 3.72. The maximum Gasteiger partial charge on any atom is 0.257 e. The number of hydrogen-bond acceptors (Lipinski definition) is 3. The van der Waals surface area contributed by atoms with Crippen LogP contribution in [-0.4, -0.2) is 36.4 Å². The van der Waals surface area contributed by atoms with Gasteiger partial charge in [0, 0.05) is 19.5 Å². The van der Waals surface area contributed by atoms with Crippen molar-refractivity contribution < 1.29 is 14.3 Å². The average Bonchev–Trinajstić information content (AvgIpc) is 3.60. The van der Waals surface area contributed by atoms with Gasteiger partial charge in [-0.3, -0.25) is 9.59 Å². The summed E-state index contributed by atoms with van der Waals surface area (Å²) in [6.45, 7) is 5.44. The van der Waals surface area contributed by atoms with Crippen molar-refractivity contribution in [3.63, 3.8) is 0 Å². The van der Waals surface area contributed by atoms with Crippen LogP contribution in [0.5, 0.6) is 5.75 Å². The molecule has 2 aromatic carbocycles. The molecule has 5 nitrogen and oxygen atoms in total. The Hall–Kier alpha value is -2.82. The number of carbonyl (C=O) groups is 2. The van der Waals surface area contributed by atoms with Gasteiger partial charge in [-0.2, -0.15) is 0 Å². The van der Waals surface area contributed by atoms with Gasteiger partial charge in [0.15, 0.2) is 6.61 Å². The van der Waals surface area contributed by atoms with Gasteiger partial charge in [-0.05, 0) is 60.9 Å². The molecule has 0 spiro atoms. The molecule has 1 atom stereocenters. The van der Waals surface area contributed by atoms with Crippen LogP contribution in [0.25, 0.3) is 0 Å². The lowest BCUT2D eigenvalue weighted by molar-refractivity contribution is -0.133. The smallest absolute Gasteiger partial charge is 0.257 e. The van der Waals surface area contributed by atoms with Crippen molar-refractivity contribution in [1.29, 1.82) is 0 Å². The number of nitrogens with zero attached hydrogens (tertiary/aromatic N) is 1. The number of carbonyl (C=O) groups excluding carboxylic acids is 2. The van der Waals surface area contributed by atoms with Crippen LogP contribution in [0.4, 0.5) is 0 Å². The lowest BCUT2D eigenvalue weighted by Crippen LogP contribution is -2.40. The fraction of sp³-hybridized carbons (Fsp3) is 0.440. The molecule has 2 amide bonds. The second kappa shape index (κ2) is 8.90. The van der Waals surface area contributed by atoms with E-state index < -0.39 is 0 Å². The average molecular weight is 407 g/mol. The molecule has 2 aromatic rings. The largest absolute Gasteiger partial charge is 0.484 e. The number of aryl methyl sites for hydroxylation is 1. The zero-order valence-electron chi connectivity index (χ0n) is 17.8. The molecule has 158 valence electrons. The highest BCUT2D eigenvalue weighted by molar-refractivity contribution is 5.78. The van der Waals surface area contributed by atoms with Crippen molar-refractivity contribution in [2.24, 2.45) is 5.92 Å². The second-order valence-electron chi connectivity index (χ2n) is 8.40. The zero-order valence-corrected chi connectivity index (χ0v) is 17.8. The van der Waals surface area contributed by atoms with E-state index in [1.165, 1.54) is 24.0 Å². The fourth-order valence-electron chi connectivity index (χ4n) is 4.04. The van der Waals surface area contributed by atoms with Crippen molar-refractivity contribution in [3.05, 3.63) is 64.7 Å². The molecule has 5 heteroatoms. The van der Waals surface area contributed by atoms with E-state index in [4.69, 9.17) is 4.74 Å². The highest BCUT2D eigenvalue weighted by atomic mass is 16.5. The Labute approximate surface area is 178 Å². The molecule has 0 aromatic heterocycles. The third kappa shape index (κ3) is 4.66. The van der Waals surface area contributed by atoms with Gasteiger partial charge < -0.3 is 15.0 Å². The van der Waals surface area contributed by atoms with Gasteiger partial charge in [-0.15, -0.1) is 0 Å². The van der Waals surface area contributed by atoms with E-state index in [1.807, 2.05) is 24.0 Å². The van der Waals surface area contributed by atoms with Gasteiger partial charge in [-0.25, -0.2) is 0 Å². The number of rotatable bonds is 7. The maximum absolute atomic E-state index is 12.7. The fourth-order valence-corrected chi connectivity index (χ4v) is 4.04. The normalized spacial score (nSPS) is 17.9. The lowest BCUT2D eigenvalue weighted by Gasteiger charge is -2.38. The summed E-state index contributed by atoms with van der Waals surface area (Å²) in [5.74, 6) is 1.38. The summed E-state index contributed by atoms with van der Waals surface area (Å²) in [5.41, 5.74) is 4.61. The maximum atomic E-state index is 12.7. The molecule has 1 heterocycles. The topological polar surface area (TPSA) is 58.6 Å². The van der Waals surface area contributed by atoms with Gasteiger partial charge in [0.05, 0.1) is 6.04 Å². The van der Waals surface area contributed by atoms with Crippen LogP contribution in [0.3, 0.4) is 0 Å². The van der Waals surface area contributed by atoms with Crippen LogP contribution in [0.15, 0.2) is 42.5 Å². The first-order valence-electron chi connectivity index (χ1n) is 10.9. The molecule has 1 N–H and O–H groups in total. The zero-order chi connectivity index (χ0) is 21.1. The van der Waals surface area contributed by atoms with Crippen molar-refractivity contribution in [2.45, 2.75) is 45.6 Å². The predicted molar refractivity (Wildman–Crippen MR) is 116 cm³/mol. The standard InChI is InChI=1S/C25H30N2O3/c1-3-24(29)27-13-12-19-10-11-21(30-16-23(28)26-15-18-6-7-18)14-22(19)25(27)20-8-4-17(2)5-9-20/h4-5,8-11,14,18,25H,3,6-7,12-13,15-16H2,1-2H3,(H,26,28)/t25-/m0/s1. The molecule has 1 aliphatic carbocycles. The minimum Gasteiger partial charge on any atom is -0.484 e. The van der Waals surface area contributed by atoms with E-state index in [0.29, 0.717) is 24.6 Å². The van der Waals surface area contributed by atoms with E-state index in [1.54, 1.807) is 0 Å². The molecular weight excluding hydrogens is 376 g/mol. The Balaban J connectivity index is 1.56. The first kappa shape index (κ1) is 20.5. The molecule has 30 heavy (non-hydrogen) atoms. The summed E-state index contributed by atoms with van der Waals surface area (Å²) < 4.78 is 5.80. The summed E-state index contributed by atoms with van der Waals surface area (Å²) in [6, 6.07) is 14.2. The van der Waals surface area contributed by atoms with Crippen molar-refractivity contribution >= 4 is 11.8 Å². The molecule has 0 radical (unpaired) electrons. The van der Waals surface area contributed by atoms with Gasteiger partial charge in [0.2, 0.25) is 5.91 Å².